The molecule has 0 aromatic carbocycles. The van der Waals surface area contributed by atoms with Crippen molar-refractivity contribution < 1.29 is 12.9 Å². The fourth-order valence-corrected chi connectivity index (χ4v) is 3.10. The quantitative estimate of drug-likeness (QED) is 0.789. The molecular formula is C12H22N2O3S. The molecule has 1 rings (SSSR count). The van der Waals surface area contributed by atoms with Gasteiger partial charge in [0.15, 0.2) is 0 Å². The molecular weight excluding hydrogens is 252 g/mol. The highest BCUT2D eigenvalue weighted by Crippen LogP contribution is 2.10. The average Bonchev–Trinajstić information content (AvgIpc) is 2.67. The van der Waals surface area contributed by atoms with E-state index in [9.17, 15) is 8.42 Å². The maximum atomic E-state index is 11.8. The second-order valence-electron chi connectivity index (χ2n) is 5.09. The smallest absolute Gasteiger partial charge is 0.217 e. The van der Waals surface area contributed by atoms with E-state index in [1.165, 1.54) is 6.26 Å². The van der Waals surface area contributed by atoms with Crippen molar-refractivity contribution in [2.45, 2.75) is 51.8 Å². The molecule has 6 heteroatoms. The molecule has 0 amide bonds. The van der Waals surface area contributed by atoms with Crippen LogP contribution in [0.1, 0.15) is 45.7 Å². The van der Waals surface area contributed by atoms with E-state index < -0.39 is 10.0 Å². The van der Waals surface area contributed by atoms with Gasteiger partial charge in [-0.05, 0) is 19.3 Å². The molecule has 104 valence electrons. The van der Waals surface area contributed by atoms with Crippen LogP contribution in [0.3, 0.4) is 0 Å². The molecule has 1 N–H and O–H groups in total. The van der Waals surface area contributed by atoms with Crippen LogP contribution < -0.4 is 4.72 Å². The highest BCUT2D eigenvalue weighted by molar-refractivity contribution is 7.88. The van der Waals surface area contributed by atoms with E-state index in [-0.39, 0.29) is 11.8 Å². The number of hydrogen-bond acceptors (Lipinski definition) is 4. The van der Waals surface area contributed by atoms with Crippen molar-refractivity contribution in [3.8, 4) is 0 Å². The van der Waals surface area contributed by atoms with Gasteiger partial charge in [-0.15, -0.1) is 0 Å². The summed E-state index contributed by atoms with van der Waals surface area (Å²) in [6, 6.07) is 1.52. The molecule has 0 radical (unpaired) electrons. The van der Waals surface area contributed by atoms with Gasteiger partial charge in [0.2, 0.25) is 10.0 Å². The summed E-state index contributed by atoms with van der Waals surface area (Å²) in [4.78, 5) is 0. The third-order valence-corrected chi connectivity index (χ3v) is 4.07. The number of nitrogens with one attached hydrogen (secondary N) is 1. The molecule has 1 atom stereocenters. The lowest BCUT2D eigenvalue weighted by Gasteiger charge is -2.14. The average molecular weight is 274 g/mol. The molecule has 0 spiro atoms. The number of hydrogen-bond donors (Lipinski definition) is 1. The van der Waals surface area contributed by atoms with Gasteiger partial charge in [-0.1, -0.05) is 31.8 Å². The van der Waals surface area contributed by atoms with E-state index in [2.05, 4.69) is 28.2 Å². The predicted octanol–water partition coefficient (Wildman–Crippen LogP) is 2.31. The molecule has 0 fully saturated rings. The van der Waals surface area contributed by atoms with Gasteiger partial charge in [-0.3, -0.25) is 0 Å². The van der Waals surface area contributed by atoms with Crippen molar-refractivity contribution in [3.05, 3.63) is 18.0 Å². The Morgan fingerprint density at radius 3 is 2.61 bits per heavy atom. The van der Waals surface area contributed by atoms with Crippen LogP contribution in [0.2, 0.25) is 0 Å². The Hall–Kier alpha value is -0.880. The van der Waals surface area contributed by atoms with Crippen LogP contribution in [0.25, 0.3) is 0 Å². The van der Waals surface area contributed by atoms with Gasteiger partial charge in [0, 0.05) is 12.1 Å². The lowest BCUT2D eigenvalue weighted by atomic mass is 10.0. The summed E-state index contributed by atoms with van der Waals surface area (Å²) in [6.07, 6.45) is 4.38. The highest BCUT2D eigenvalue weighted by atomic mass is 32.2. The van der Waals surface area contributed by atoms with E-state index in [0.29, 0.717) is 11.6 Å². The molecule has 0 aliphatic carbocycles. The minimum atomic E-state index is -3.33. The topological polar surface area (TPSA) is 72.2 Å². The maximum absolute atomic E-state index is 11.8. The number of nitrogens with zero attached hydrogens (tertiary/aromatic N) is 1. The Bertz CT molecular complexity index is 426. The lowest BCUT2D eigenvalue weighted by molar-refractivity contribution is 0.413. The summed E-state index contributed by atoms with van der Waals surface area (Å²) >= 11 is 0. The molecule has 18 heavy (non-hydrogen) atoms. The minimum absolute atomic E-state index is 0.0411. The number of rotatable bonds is 8. The second kappa shape index (κ2) is 6.89. The Kier molecular flexibility index (Phi) is 5.81. The van der Waals surface area contributed by atoms with Crippen LogP contribution in [0.5, 0.6) is 0 Å². The van der Waals surface area contributed by atoms with Crippen molar-refractivity contribution in [1.82, 2.24) is 9.88 Å². The normalized spacial score (nSPS) is 14.0. The third kappa shape index (κ3) is 6.16. The minimum Gasteiger partial charge on any atom is -0.364 e. The van der Waals surface area contributed by atoms with Crippen molar-refractivity contribution in [1.29, 1.82) is 0 Å². The maximum Gasteiger partial charge on any atom is 0.217 e. The van der Waals surface area contributed by atoms with E-state index in [0.717, 1.165) is 19.3 Å². The van der Waals surface area contributed by atoms with E-state index >= 15 is 0 Å². The largest absolute Gasteiger partial charge is 0.364 e. The molecule has 0 aliphatic heterocycles. The van der Waals surface area contributed by atoms with Gasteiger partial charge in [0.1, 0.15) is 12.0 Å². The molecule has 0 saturated heterocycles. The van der Waals surface area contributed by atoms with E-state index in [4.69, 9.17) is 0 Å². The Labute approximate surface area is 109 Å². The summed E-state index contributed by atoms with van der Waals surface area (Å²) in [5.74, 6) is 0.529. The standard InChI is InChI=1S/C12H22N2O3S/c1-10(2)5-4-6-11(3)14-18(15,16)9-12-7-8-17-13-12/h7-8,10-11,14H,4-6,9H2,1-3H3/t11-/m1/s1. The van der Waals surface area contributed by atoms with Gasteiger partial charge >= 0.3 is 0 Å². The molecule has 0 saturated carbocycles. The summed E-state index contributed by atoms with van der Waals surface area (Å²) in [6.45, 7) is 6.22. The monoisotopic (exact) mass is 274 g/mol. The Morgan fingerprint density at radius 2 is 2.06 bits per heavy atom. The lowest BCUT2D eigenvalue weighted by Crippen LogP contribution is -2.33. The van der Waals surface area contributed by atoms with Crippen LogP contribution >= 0.6 is 0 Å². The zero-order valence-corrected chi connectivity index (χ0v) is 12.0. The molecule has 0 aliphatic rings. The molecule has 0 bridgehead atoms. The molecule has 5 nitrogen and oxygen atoms in total. The second-order valence-corrected chi connectivity index (χ2v) is 6.85. The Morgan fingerprint density at radius 1 is 1.33 bits per heavy atom. The molecule has 0 unspecified atom stereocenters. The van der Waals surface area contributed by atoms with Crippen LogP contribution in [-0.2, 0) is 15.8 Å². The van der Waals surface area contributed by atoms with E-state index in [1.54, 1.807) is 6.07 Å². The first-order valence-corrected chi connectivity index (χ1v) is 7.93. The van der Waals surface area contributed by atoms with Gasteiger partial charge in [0.05, 0.1) is 5.69 Å². The SMILES string of the molecule is CC(C)CCC[C@@H](C)NS(=O)(=O)Cc1ccon1. The van der Waals surface area contributed by atoms with Crippen molar-refractivity contribution >= 4 is 10.0 Å². The fraction of sp³-hybridized carbons (Fsp3) is 0.750. The van der Waals surface area contributed by atoms with Crippen LogP contribution in [-0.4, -0.2) is 19.6 Å². The third-order valence-electron chi connectivity index (χ3n) is 2.63. The summed E-state index contributed by atoms with van der Waals surface area (Å²) in [5.41, 5.74) is 0.428. The number of aromatic nitrogens is 1. The van der Waals surface area contributed by atoms with Gasteiger partial charge in [-0.2, -0.15) is 0 Å². The van der Waals surface area contributed by atoms with Crippen LogP contribution in [0.15, 0.2) is 16.9 Å². The highest BCUT2D eigenvalue weighted by Gasteiger charge is 2.16. The van der Waals surface area contributed by atoms with Gasteiger partial charge < -0.3 is 4.52 Å². The molecule has 1 aromatic rings. The Balaban J connectivity index is 2.35. The summed E-state index contributed by atoms with van der Waals surface area (Å²) in [7, 11) is -3.33. The number of sulfonamides is 1. The first-order valence-electron chi connectivity index (χ1n) is 6.28. The zero-order valence-electron chi connectivity index (χ0n) is 11.2. The van der Waals surface area contributed by atoms with Crippen LogP contribution in [0.4, 0.5) is 0 Å². The van der Waals surface area contributed by atoms with Crippen LogP contribution in [0, 0.1) is 5.92 Å². The van der Waals surface area contributed by atoms with Crippen molar-refractivity contribution in [2.75, 3.05) is 0 Å². The van der Waals surface area contributed by atoms with Gasteiger partial charge in [-0.25, -0.2) is 13.1 Å². The van der Waals surface area contributed by atoms with E-state index in [1.807, 2.05) is 6.92 Å². The first-order chi connectivity index (χ1) is 8.39. The zero-order chi connectivity index (χ0) is 13.6. The fourth-order valence-electron chi connectivity index (χ4n) is 1.75. The predicted molar refractivity (Wildman–Crippen MR) is 70.4 cm³/mol. The van der Waals surface area contributed by atoms with Crippen molar-refractivity contribution in [3.63, 3.8) is 0 Å². The summed E-state index contributed by atoms with van der Waals surface area (Å²) < 4.78 is 30.9. The van der Waals surface area contributed by atoms with Crippen molar-refractivity contribution in [2.24, 2.45) is 5.92 Å². The first kappa shape index (κ1) is 15.2. The molecule has 1 aromatic heterocycles. The molecule has 1 heterocycles. The summed E-state index contributed by atoms with van der Waals surface area (Å²) in [5, 5.41) is 3.60. The van der Waals surface area contributed by atoms with Gasteiger partial charge in [0.25, 0.3) is 0 Å².